The molecular formula is C29H30ClN7O5. The molecule has 5 N–H and O–H groups in total. The van der Waals surface area contributed by atoms with Crippen LogP contribution in [-0.4, -0.2) is 59.3 Å². The SMILES string of the molecule is COc1ccc2c(CCN(CC(=O)N(c3ccccc3)c3ccc(Cl)c([N+](=O)[O-])c3)C(=O)CCN=C(N)N)c[nH]c2c1. The van der Waals surface area contributed by atoms with Gasteiger partial charge in [-0.3, -0.25) is 29.6 Å². The minimum atomic E-state index is -0.615. The van der Waals surface area contributed by atoms with Gasteiger partial charge in [0.05, 0.1) is 24.3 Å². The Bertz CT molecular complexity index is 1620. The Morgan fingerprint density at radius 2 is 1.81 bits per heavy atom. The number of hydrogen-bond donors (Lipinski definition) is 3. The number of nitrogens with zero attached hydrogens (tertiary/aromatic N) is 4. The monoisotopic (exact) mass is 591 g/mol. The van der Waals surface area contributed by atoms with Crippen LogP contribution < -0.4 is 21.1 Å². The first-order chi connectivity index (χ1) is 20.2. The van der Waals surface area contributed by atoms with E-state index in [1.165, 1.54) is 28.0 Å². The number of nitro benzene ring substituents is 1. The number of benzene rings is 3. The number of fused-ring (bicyclic) bond motifs is 1. The number of carbonyl (C=O) groups is 2. The molecule has 0 saturated carbocycles. The maximum atomic E-state index is 13.9. The number of aliphatic imine (C=N–C) groups is 1. The van der Waals surface area contributed by atoms with Crippen molar-refractivity contribution in [2.45, 2.75) is 12.8 Å². The molecule has 0 saturated heterocycles. The van der Waals surface area contributed by atoms with Crippen molar-refractivity contribution in [3.8, 4) is 5.75 Å². The fourth-order valence-electron chi connectivity index (χ4n) is 4.51. The summed E-state index contributed by atoms with van der Waals surface area (Å²) in [6.45, 7) is -0.0263. The largest absolute Gasteiger partial charge is 0.497 e. The van der Waals surface area contributed by atoms with E-state index in [-0.39, 0.29) is 54.3 Å². The zero-order valence-corrected chi connectivity index (χ0v) is 23.6. The number of amides is 2. The molecule has 0 aliphatic rings. The zero-order valence-electron chi connectivity index (χ0n) is 22.8. The summed E-state index contributed by atoms with van der Waals surface area (Å²) in [4.78, 5) is 48.0. The molecule has 1 heterocycles. The highest BCUT2D eigenvalue weighted by Gasteiger charge is 2.26. The van der Waals surface area contributed by atoms with E-state index in [0.717, 1.165) is 16.5 Å². The van der Waals surface area contributed by atoms with Gasteiger partial charge in [0.15, 0.2) is 5.96 Å². The van der Waals surface area contributed by atoms with Gasteiger partial charge in [0.2, 0.25) is 5.91 Å². The van der Waals surface area contributed by atoms with E-state index in [2.05, 4.69) is 9.98 Å². The molecule has 0 aliphatic carbocycles. The molecule has 2 amide bonds. The number of nitrogens with two attached hydrogens (primary N) is 2. The van der Waals surface area contributed by atoms with Gasteiger partial charge >= 0.3 is 0 Å². The van der Waals surface area contributed by atoms with Crippen molar-refractivity contribution >= 4 is 57.3 Å². The van der Waals surface area contributed by atoms with Crippen molar-refractivity contribution in [3.63, 3.8) is 0 Å². The molecule has 0 fully saturated rings. The van der Waals surface area contributed by atoms with Crippen LogP contribution in [0.2, 0.25) is 5.02 Å². The lowest BCUT2D eigenvalue weighted by Crippen LogP contribution is -2.42. The summed E-state index contributed by atoms with van der Waals surface area (Å²) in [5, 5.41) is 12.5. The maximum absolute atomic E-state index is 13.9. The van der Waals surface area contributed by atoms with Gasteiger partial charge in [0.25, 0.3) is 11.6 Å². The molecule has 3 aromatic carbocycles. The number of methoxy groups -OCH3 is 1. The molecule has 0 aliphatic heterocycles. The van der Waals surface area contributed by atoms with Crippen LogP contribution in [0.5, 0.6) is 5.75 Å². The van der Waals surface area contributed by atoms with Gasteiger partial charge in [0, 0.05) is 47.9 Å². The highest BCUT2D eigenvalue weighted by atomic mass is 35.5. The third-order valence-electron chi connectivity index (χ3n) is 6.57. The van der Waals surface area contributed by atoms with Gasteiger partial charge in [-0.2, -0.15) is 0 Å². The van der Waals surface area contributed by atoms with Crippen molar-refractivity contribution in [3.05, 3.63) is 93.6 Å². The number of nitro groups is 1. The van der Waals surface area contributed by atoms with Crippen LogP contribution in [0.15, 0.2) is 77.9 Å². The molecular weight excluding hydrogens is 562 g/mol. The number of aromatic nitrogens is 1. The van der Waals surface area contributed by atoms with Crippen LogP contribution in [0.3, 0.4) is 0 Å². The number of nitrogens with one attached hydrogen (secondary N) is 1. The quantitative estimate of drug-likeness (QED) is 0.0960. The second kappa shape index (κ2) is 13.5. The predicted octanol–water partition coefficient (Wildman–Crippen LogP) is 4.14. The van der Waals surface area contributed by atoms with Gasteiger partial charge < -0.3 is 26.1 Å². The lowest BCUT2D eigenvalue weighted by atomic mass is 10.1. The number of H-pyrrole nitrogens is 1. The number of hydrogen-bond acceptors (Lipinski definition) is 6. The smallest absolute Gasteiger partial charge is 0.289 e. The average Bonchev–Trinajstić information content (AvgIpc) is 3.38. The third-order valence-corrected chi connectivity index (χ3v) is 6.89. The van der Waals surface area contributed by atoms with E-state index in [9.17, 15) is 19.7 Å². The molecule has 13 heteroatoms. The Hall–Kier alpha value is -5.10. The van der Waals surface area contributed by atoms with E-state index in [1.807, 2.05) is 24.4 Å². The van der Waals surface area contributed by atoms with Crippen LogP contribution in [0.4, 0.5) is 17.1 Å². The molecule has 12 nitrogen and oxygen atoms in total. The van der Waals surface area contributed by atoms with Crippen molar-refractivity contribution in [1.82, 2.24) is 9.88 Å². The van der Waals surface area contributed by atoms with E-state index in [1.54, 1.807) is 37.4 Å². The molecule has 0 atom stereocenters. The number of guanidine groups is 1. The standard InChI is InChI=1S/C29H30ClN7O5/c1-42-22-8-9-23-19(17-34-25(23)16-22)12-14-35(27(38)11-13-33-29(31)32)18-28(39)36(20-5-3-2-4-6-20)21-7-10-24(30)26(15-21)37(40)41/h2-10,15-17,34H,11-14,18H2,1H3,(H4,31,32,33). The number of ether oxygens (including phenoxy) is 1. The Morgan fingerprint density at radius 1 is 1.05 bits per heavy atom. The lowest BCUT2D eigenvalue weighted by Gasteiger charge is -2.28. The Labute approximate surface area is 246 Å². The first kappa shape index (κ1) is 29.9. The summed E-state index contributed by atoms with van der Waals surface area (Å²) in [7, 11) is 1.59. The minimum absolute atomic E-state index is 0.0198. The Balaban J connectivity index is 1.63. The number of anilines is 2. The van der Waals surface area contributed by atoms with E-state index in [0.29, 0.717) is 17.9 Å². The highest BCUT2D eigenvalue weighted by molar-refractivity contribution is 6.32. The summed E-state index contributed by atoms with van der Waals surface area (Å²) in [5.41, 5.74) is 13.0. The average molecular weight is 592 g/mol. The van der Waals surface area contributed by atoms with E-state index >= 15 is 0 Å². The third kappa shape index (κ3) is 7.15. The van der Waals surface area contributed by atoms with Gasteiger partial charge in [-0.25, -0.2) is 0 Å². The second-order valence-corrected chi connectivity index (χ2v) is 9.71. The van der Waals surface area contributed by atoms with Crippen LogP contribution in [0.1, 0.15) is 12.0 Å². The van der Waals surface area contributed by atoms with Crippen LogP contribution in [0.25, 0.3) is 10.9 Å². The van der Waals surface area contributed by atoms with Gasteiger partial charge in [0.1, 0.15) is 17.3 Å². The Kier molecular flexibility index (Phi) is 9.61. The molecule has 42 heavy (non-hydrogen) atoms. The zero-order chi connectivity index (χ0) is 30.2. The first-order valence-electron chi connectivity index (χ1n) is 13.0. The first-order valence-corrected chi connectivity index (χ1v) is 13.3. The number of aromatic amines is 1. The molecule has 4 aromatic rings. The summed E-state index contributed by atoms with van der Waals surface area (Å²) < 4.78 is 5.29. The summed E-state index contributed by atoms with van der Waals surface area (Å²) in [6, 6.07) is 18.4. The fourth-order valence-corrected chi connectivity index (χ4v) is 4.70. The predicted molar refractivity (Wildman–Crippen MR) is 162 cm³/mol. The maximum Gasteiger partial charge on any atom is 0.289 e. The summed E-state index contributed by atoms with van der Waals surface area (Å²) in [6.07, 6.45) is 2.29. The van der Waals surface area contributed by atoms with Crippen molar-refractivity contribution in [2.75, 3.05) is 31.6 Å². The van der Waals surface area contributed by atoms with Crippen molar-refractivity contribution in [1.29, 1.82) is 0 Å². The van der Waals surface area contributed by atoms with E-state index < -0.39 is 10.8 Å². The topological polar surface area (TPSA) is 173 Å². The lowest BCUT2D eigenvalue weighted by molar-refractivity contribution is -0.384. The summed E-state index contributed by atoms with van der Waals surface area (Å²) >= 11 is 6.03. The molecule has 4 rings (SSSR count). The normalized spacial score (nSPS) is 10.7. The van der Waals surface area contributed by atoms with Crippen LogP contribution in [-0.2, 0) is 16.0 Å². The second-order valence-electron chi connectivity index (χ2n) is 9.30. The molecule has 0 unspecified atom stereocenters. The molecule has 0 spiro atoms. The molecule has 218 valence electrons. The molecule has 1 aromatic heterocycles. The van der Waals surface area contributed by atoms with Gasteiger partial charge in [-0.15, -0.1) is 0 Å². The number of rotatable bonds is 12. The van der Waals surface area contributed by atoms with Gasteiger partial charge in [-0.1, -0.05) is 29.8 Å². The highest BCUT2D eigenvalue weighted by Crippen LogP contribution is 2.33. The number of para-hydroxylation sites is 1. The van der Waals surface area contributed by atoms with Crippen LogP contribution in [0, 0.1) is 10.1 Å². The minimum Gasteiger partial charge on any atom is -0.497 e. The van der Waals surface area contributed by atoms with E-state index in [4.69, 9.17) is 27.8 Å². The number of halogens is 1. The van der Waals surface area contributed by atoms with Crippen LogP contribution >= 0.6 is 11.6 Å². The van der Waals surface area contributed by atoms with Crippen molar-refractivity contribution in [2.24, 2.45) is 16.5 Å². The fraction of sp³-hybridized carbons (Fsp3) is 0.207. The van der Waals surface area contributed by atoms with Crippen molar-refractivity contribution < 1.29 is 19.2 Å². The summed E-state index contributed by atoms with van der Waals surface area (Å²) in [5.74, 6) is -0.234. The van der Waals surface area contributed by atoms with Gasteiger partial charge in [-0.05, 0) is 48.4 Å². The Morgan fingerprint density at radius 3 is 2.50 bits per heavy atom. The number of carbonyl (C=O) groups excluding carboxylic acids is 2. The molecule has 0 bridgehead atoms. The molecule has 0 radical (unpaired) electrons.